The van der Waals surface area contributed by atoms with E-state index in [9.17, 15) is 24.6 Å². The molecule has 2 atom stereocenters. The number of hydrogen-bond acceptors (Lipinski definition) is 5. The summed E-state index contributed by atoms with van der Waals surface area (Å²) in [5.74, 6) is -4.27. The number of benzene rings is 2. The van der Waals surface area contributed by atoms with Crippen LogP contribution in [0.2, 0.25) is 0 Å². The fourth-order valence-electron chi connectivity index (χ4n) is 3.12. The maximum absolute atomic E-state index is 12.6. The standard InChI is InChI=1S/C22H25NO5.2Na/c24-20(25)11-12-23-21(26)18(13-16-7-3-1-4-8-16)15-19(22(27)28)14-17-9-5-2-6-10-17;;/h1-10,18-19H,11-15H2,(H,23,26)(H,24,25)(H,27,28);;/q;2*+1/p-2/t18-,19-;;/m0../s1. The van der Waals surface area contributed by atoms with Gasteiger partial charge in [0.2, 0.25) is 5.91 Å². The van der Waals surface area contributed by atoms with Gasteiger partial charge in [0.05, 0.1) is 0 Å². The third kappa shape index (κ3) is 10.8. The Kier molecular flexibility index (Phi) is 15.0. The predicted molar refractivity (Wildman–Crippen MR) is 99.5 cm³/mol. The molecule has 30 heavy (non-hydrogen) atoms. The van der Waals surface area contributed by atoms with Crippen LogP contribution in [0.5, 0.6) is 0 Å². The summed E-state index contributed by atoms with van der Waals surface area (Å²) in [6.45, 7) is -0.0544. The van der Waals surface area contributed by atoms with Crippen LogP contribution in [-0.4, -0.2) is 24.4 Å². The smallest absolute Gasteiger partial charge is 0.550 e. The first-order valence-electron chi connectivity index (χ1n) is 9.22. The zero-order chi connectivity index (χ0) is 20.4. The van der Waals surface area contributed by atoms with E-state index in [2.05, 4.69) is 5.32 Å². The van der Waals surface area contributed by atoms with E-state index in [-0.39, 0.29) is 90.8 Å². The molecule has 0 aromatic heterocycles. The Bertz CT molecular complexity index is 787. The van der Waals surface area contributed by atoms with E-state index in [4.69, 9.17) is 0 Å². The number of aliphatic carboxylic acids is 2. The van der Waals surface area contributed by atoms with Crippen LogP contribution in [-0.2, 0) is 27.2 Å². The molecule has 0 bridgehead atoms. The van der Waals surface area contributed by atoms with Crippen molar-refractivity contribution < 1.29 is 83.7 Å². The fraction of sp³-hybridized carbons (Fsp3) is 0.318. The zero-order valence-corrected chi connectivity index (χ0v) is 21.5. The molecule has 8 heteroatoms. The van der Waals surface area contributed by atoms with Gasteiger partial charge in [-0.1, -0.05) is 60.7 Å². The summed E-state index contributed by atoms with van der Waals surface area (Å²) in [6, 6.07) is 18.5. The number of rotatable bonds is 11. The van der Waals surface area contributed by atoms with Crippen LogP contribution >= 0.6 is 0 Å². The number of amides is 1. The van der Waals surface area contributed by atoms with Crippen molar-refractivity contribution in [2.24, 2.45) is 11.8 Å². The molecule has 0 saturated heterocycles. The van der Waals surface area contributed by atoms with E-state index in [0.29, 0.717) is 6.42 Å². The largest absolute Gasteiger partial charge is 1.00 e. The van der Waals surface area contributed by atoms with Crippen molar-refractivity contribution in [2.75, 3.05) is 6.54 Å². The maximum atomic E-state index is 12.6. The second kappa shape index (κ2) is 15.6. The summed E-state index contributed by atoms with van der Waals surface area (Å²) in [4.78, 5) is 34.9. The summed E-state index contributed by atoms with van der Waals surface area (Å²) in [7, 11) is 0. The van der Waals surface area contributed by atoms with Gasteiger partial charge in [0.15, 0.2) is 0 Å². The van der Waals surface area contributed by atoms with Gasteiger partial charge in [0.25, 0.3) is 0 Å². The molecule has 0 aliphatic heterocycles. The molecule has 0 fully saturated rings. The number of carboxylic acid groups (broad SMARTS) is 2. The normalized spacial score (nSPS) is 11.9. The molecule has 0 radical (unpaired) electrons. The van der Waals surface area contributed by atoms with Gasteiger partial charge >= 0.3 is 59.1 Å². The van der Waals surface area contributed by atoms with Crippen molar-refractivity contribution in [3.8, 4) is 0 Å². The molecule has 148 valence electrons. The predicted octanol–water partition coefficient (Wildman–Crippen LogP) is -5.89. The van der Waals surface area contributed by atoms with Crippen molar-refractivity contribution in [1.29, 1.82) is 0 Å². The van der Waals surface area contributed by atoms with Crippen LogP contribution in [0.15, 0.2) is 60.7 Å². The summed E-state index contributed by atoms with van der Waals surface area (Å²) in [6.07, 6.45) is 0.429. The molecular formula is C22H23NNa2O5. The van der Waals surface area contributed by atoms with Crippen LogP contribution in [0.25, 0.3) is 0 Å². The molecule has 6 nitrogen and oxygen atoms in total. The zero-order valence-electron chi connectivity index (χ0n) is 17.5. The second-order valence-electron chi connectivity index (χ2n) is 6.74. The Morgan fingerprint density at radius 3 is 1.67 bits per heavy atom. The van der Waals surface area contributed by atoms with Gasteiger partial charge in [0.1, 0.15) is 0 Å². The molecule has 0 saturated carbocycles. The Balaban J connectivity index is 0.00000420. The monoisotopic (exact) mass is 427 g/mol. The van der Waals surface area contributed by atoms with Crippen molar-refractivity contribution >= 4 is 17.8 Å². The molecule has 0 heterocycles. The summed E-state index contributed by atoms with van der Waals surface area (Å²) >= 11 is 0. The van der Waals surface area contributed by atoms with E-state index in [0.717, 1.165) is 11.1 Å². The van der Waals surface area contributed by atoms with Crippen molar-refractivity contribution in [3.05, 3.63) is 71.8 Å². The molecule has 2 aromatic rings. The molecule has 1 amide bonds. The Hall–Kier alpha value is -1.15. The molecule has 0 spiro atoms. The first kappa shape index (κ1) is 28.9. The van der Waals surface area contributed by atoms with Gasteiger partial charge in [0, 0.05) is 36.7 Å². The Morgan fingerprint density at radius 2 is 1.23 bits per heavy atom. The van der Waals surface area contributed by atoms with Gasteiger partial charge in [-0.15, -0.1) is 0 Å². The summed E-state index contributed by atoms with van der Waals surface area (Å²) in [5, 5.41) is 24.8. The number of carbonyl (C=O) groups excluding carboxylic acids is 3. The van der Waals surface area contributed by atoms with Crippen LogP contribution in [0, 0.1) is 11.8 Å². The number of hydrogen-bond donors (Lipinski definition) is 1. The van der Waals surface area contributed by atoms with Crippen molar-refractivity contribution in [2.45, 2.75) is 25.7 Å². The summed E-state index contributed by atoms with van der Waals surface area (Å²) in [5.41, 5.74) is 1.76. The SMILES string of the molecule is O=C([O-])CCNC(=O)[C@@H](Cc1ccccc1)C[C@H](Cc1ccccc1)C(=O)[O-].[Na+].[Na+]. The van der Waals surface area contributed by atoms with Crippen LogP contribution in [0.3, 0.4) is 0 Å². The second-order valence-corrected chi connectivity index (χ2v) is 6.74. The Labute approximate surface area is 221 Å². The fourth-order valence-corrected chi connectivity index (χ4v) is 3.12. The summed E-state index contributed by atoms with van der Waals surface area (Å²) < 4.78 is 0. The average Bonchev–Trinajstić information content (AvgIpc) is 2.68. The molecule has 1 N–H and O–H groups in total. The van der Waals surface area contributed by atoms with Crippen LogP contribution in [0.4, 0.5) is 0 Å². The van der Waals surface area contributed by atoms with Crippen LogP contribution < -0.4 is 74.6 Å². The van der Waals surface area contributed by atoms with E-state index in [1.54, 1.807) is 0 Å². The van der Waals surface area contributed by atoms with Gasteiger partial charge in [-0.05, 0) is 30.4 Å². The quantitative estimate of drug-likeness (QED) is 0.359. The van der Waals surface area contributed by atoms with Crippen molar-refractivity contribution in [3.63, 3.8) is 0 Å². The molecular weight excluding hydrogens is 404 g/mol. The van der Waals surface area contributed by atoms with E-state index < -0.39 is 23.8 Å². The molecule has 0 aliphatic carbocycles. The topological polar surface area (TPSA) is 109 Å². The third-order valence-corrected chi connectivity index (χ3v) is 4.55. The van der Waals surface area contributed by atoms with E-state index in [1.807, 2.05) is 60.7 Å². The Morgan fingerprint density at radius 1 is 0.767 bits per heavy atom. The molecule has 0 unspecified atom stereocenters. The minimum Gasteiger partial charge on any atom is -0.550 e. The van der Waals surface area contributed by atoms with Gasteiger partial charge in [-0.3, -0.25) is 4.79 Å². The first-order chi connectivity index (χ1) is 13.5. The molecule has 0 aliphatic rings. The third-order valence-electron chi connectivity index (χ3n) is 4.55. The average molecular weight is 427 g/mol. The first-order valence-corrected chi connectivity index (χ1v) is 9.22. The minimum atomic E-state index is -1.25. The van der Waals surface area contributed by atoms with E-state index >= 15 is 0 Å². The van der Waals surface area contributed by atoms with Gasteiger partial charge < -0.3 is 25.1 Å². The van der Waals surface area contributed by atoms with Crippen molar-refractivity contribution in [1.82, 2.24) is 5.32 Å². The van der Waals surface area contributed by atoms with Gasteiger partial charge in [-0.2, -0.15) is 0 Å². The number of nitrogens with one attached hydrogen (secondary N) is 1. The number of carbonyl (C=O) groups is 3. The molecule has 2 rings (SSSR count). The van der Waals surface area contributed by atoms with Gasteiger partial charge in [-0.25, -0.2) is 0 Å². The van der Waals surface area contributed by atoms with E-state index in [1.165, 1.54) is 0 Å². The molecule has 2 aromatic carbocycles. The maximum Gasteiger partial charge on any atom is 1.00 e. The number of carboxylic acids is 2. The minimum absolute atomic E-state index is 0. The van der Waals surface area contributed by atoms with Crippen LogP contribution in [0.1, 0.15) is 24.0 Å².